The second kappa shape index (κ2) is 6.51. The van der Waals surface area contributed by atoms with Gasteiger partial charge in [-0.1, -0.05) is 13.8 Å². The van der Waals surface area contributed by atoms with Crippen LogP contribution in [0.15, 0.2) is 12.4 Å². The molecule has 1 aromatic rings. The normalized spacial score (nSPS) is 13.1. The summed E-state index contributed by atoms with van der Waals surface area (Å²) in [6, 6.07) is 0.545. The Kier molecular flexibility index (Phi) is 5.31. The molecule has 3 N–H and O–H groups in total. The van der Waals surface area contributed by atoms with Gasteiger partial charge in [-0.15, -0.1) is 0 Å². The predicted octanol–water partition coefficient (Wildman–Crippen LogP) is 1.63. The van der Waals surface area contributed by atoms with Gasteiger partial charge in [0.25, 0.3) is 0 Å². The highest BCUT2D eigenvalue weighted by atomic mass is 15.3. The molecule has 17 heavy (non-hydrogen) atoms. The molecule has 0 saturated heterocycles. The minimum atomic E-state index is 0.545. The lowest BCUT2D eigenvalue weighted by molar-refractivity contribution is 0.218. The van der Waals surface area contributed by atoms with Gasteiger partial charge in [0.1, 0.15) is 0 Å². The number of nitrogens with one attached hydrogen (secondary N) is 1. The van der Waals surface area contributed by atoms with Gasteiger partial charge in [0.05, 0.1) is 18.1 Å². The van der Waals surface area contributed by atoms with Crippen LogP contribution in [0.3, 0.4) is 0 Å². The summed E-state index contributed by atoms with van der Waals surface area (Å²) in [6.45, 7) is 7.53. The van der Waals surface area contributed by atoms with Crippen molar-refractivity contribution in [3.05, 3.63) is 18.1 Å². The molecule has 1 heterocycles. The third kappa shape index (κ3) is 4.66. The van der Waals surface area contributed by atoms with Gasteiger partial charge >= 0.3 is 0 Å². The van der Waals surface area contributed by atoms with E-state index in [1.165, 1.54) is 6.42 Å². The minimum Gasteiger partial charge on any atom is -0.307 e. The van der Waals surface area contributed by atoms with Crippen molar-refractivity contribution in [3.63, 3.8) is 0 Å². The fourth-order valence-electron chi connectivity index (χ4n) is 1.78. The molecule has 0 radical (unpaired) electrons. The largest absolute Gasteiger partial charge is 0.307 e. The molecule has 0 aliphatic heterocycles. The van der Waals surface area contributed by atoms with E-state index in [1.54, 1.807) is 12.4 Å². The highest BCUT2D eigenvalue weighted by molar-refractivity contribution is 5.28. The van der Waals surface area contributed by atoms with Gasteiger partial charge in [-0.3, -0.25) is 9.88 Å². The molecule has 0 aliphatic carbocycles. The zero-order valence-electron chi connectivity index (χ0n) is 11.1. The maximum Gasteiger partial charge on any atom is 0.158 e. The number of nitrogen functional groups attached to an aromatic ring is 1. The molecule has 0 saturated carbocycles. The number of anilines is 1. The number of rotatable bonds is 6. The first-order chi connectivity index (χ1) is 8.02. The minimum absolute atomic E-state index is 0.545. The summed E-state index contributed by atoms with van der Waals surface area (Å²) in [5.41, 5.74) is 3.43. The molecule has 5 nitrogen and oxygen atoms in total. The number of hydrogen-bond acceptors (Lipinski definition) is 5. The summed E-state index contributed by atoms with van der Waals surface area (Å²) in [7, 11) is 2.11. The Morgan fingerprint density at radius 1 is 1.29 bits per heavy atom. The average Bonchev–Trinajstić information content (AvgIpc) is 2.29. The van der Waals surface area contributed by atoms with E-state index in [0.717, 1.165) is 12.2 Å². The maximum atomic E-state index is 5.24. The first-order valence-electron chi connectivity index (χ1n) is 6.00. The van der Waals surface area contributed by atoms with Crippen molar-refractivity contribution >= 4 is 5.82 Å². The molecule has 1 atom stereocenters. The van der Waals surface area contributed by atoms with Crippen LogP contribution in [-0.4, -0.2) is 28.0 Å². The maximum absolute atomic E-state index is 5.24. The van der Waals surface area contributed by atoms with Crippen LogP contribution in [0.2, 0.25) is 0 Å². The van der Waals surface area contributed by atoms with Gasteiger partial charge in [-0.25, -0.2) is 10.8 Å². The van der Waals surface area contributed by atoms with Crippen molar-refractivity contribution in [1.29, 1.82) is 0 Å². The number of nitrogens with zero attached hydrogens (tertiary/aromatic N) is 3. The lowest BCUT2D eigenvalue weighted by Gasteiger charge is -2.25. The third-order valence-corrected chi connectivity index (χ3v) is 2.83. The van der Waals surface area contributed by atoms with Crippen LogP contribution in [0.4, 0.5) is 5.82 Å². The van der Waals surface area contributed by atoms with Gasteiger partial charge in [0, 0.05) is 12.6 Å². The monoisotopic (exact) mass is 237 g/mol. The molecule has 0 amide bonds. The molecule has 1 unspecified atom stereocenters. The average molecular weight is 237 g/mol. The second-order valence-electron chi connectivity index (χ2n) is 4.93. The van der Waals surface area contributed by atoms with E-state index in [4.69, 9.17) is 5.84 Å². The van der Waals surface area contributed by atoms with E-state index < -0.39 is 0 Å². The molecule has 1 rings (SSSR count). The number of hydrazine groups is 1. The molecular weight excluding hydrogens is 214 g/mol. The quantitative estimate of drug-likeness (QED) is 0.581. The van der Waals surface area contributed by atoms with E-state index in [0.29, 0.717) is 17.8 Å². The van der Waals surface area contributed by atoms with Gasteiger partial charge in [0.2, 0.25) is 0 Å². The summed E-state index contributed by atoms with van der Waals surface area (Å²) < 4.78 is 0. The van der Waals surface area contributed by atoms with Crippen molar-refractivity contribution in [1.82, 2.24) is 14.9 Å². The Bertz CT molecular complexity index is 322. The van der Waals surface area contributed by atoms with Crippen molar-refractivity contribution in [2.75, 3.05) is 12.5 Å². The van der Waals surface area contributed by atoms with Crippen molar-refractivity contribution in [2.24, 2.45) is 11.8 Å². The number of nitrogens with two attached hydrogens (primary N) is 1. The lowest BCUT2D eigenvalue weighted by atomic mass is 10.0. The summed E-state index contributed by atoms with van der Waals surface area (Å²) in [5, 5.41) is 0. The standard InChI is InChI=1S/C12H23N5/c1-9(2)5-10(3)17(4)8-11-6-15-12(16-13)7-14-11/h6-7,9-10H,5,8,13H2,1-4H3,(H,15,16). The first kappa shape index (κ1) is 13.9. The summed E-state index contributed by atoms with van der Waals surface area (Å²) in [6.07, 6.45) is 4.59. The summed E-state index contributed by atoms with van der Waals surface area (Å²) in [4.78, 5) is 10.7. The first-order valence-corrected chi connectivity index (χ1v) is 6.00. The highest BCUT2D eigenvalue weighted by Crippen LogP contribution is 2.12. The molecule has 0 bridgehead atoms. The fraction of sp³-hybridized carbons (Fsp3) is 0.667. The Morgan fingerprint density at radius 3 is 2.47 bits per heavy atom. The van der Waals surface area contributed by atoms with Crippen LogP contribution in [0.25, 0.3) is 0 Å². The molecule has 0 aliphatic rings. The topological polar surface area (TPSA) is 67.1 Å². The van der Waals surface area contributed by atoms with E-state index in [1.807, 2.05) is 0 Å². The Labute approximate surface area is 103 Å². The zero-order chi connectivity index (χ0) is 12.8. The number of hydrogen-bond donors (Lipinski definition) is 2. The van der Waals surface area contributed by atoms with E-state index in [2.05, 4.69) is 48.1 Å². The van der Waals surface area contributed by atoms with Gasteiger partial charge in [-0.2, -0.15) is 0 Å². The smallest absolute Gasteiger partial charge is 0.158 e. The Hall–Kier alpha value is -1.20. The zero-order valence-corrected chi connectivity index (χ0v) is 11.1. The van der Waals surface area contributed by atoms with Gasteiger partial charge < -0.3 is 5.43 Å². The van der Waals surface area contributed by atoms with Gasteiger partial charge in [0.15, 0.2) is 5.82 Å². The Morgan fingerprint density at radius 2 is 2.00 bits per heavy atom. The van der Waals surface area contributed by atoms with Crippen LogP contribution in [0, 0.1) is 5.92 Å². The number of aromatic nitrogens is 2. The molecule has 1 aromatic heterocycles. The van der Waals surface area contributed by atoms with Crippen molar-refractivity contribution < 1.29 is 0 Å². The molecule has 5 heteroatoms. The molecule has 96 valence electrons. The van der Waals surface area contributed by atoms with E-state index in [-0.39, 0.29) is 0 Å². The van der Waals surface area contributed by atoms with Crippen LogP contribution in [0.1, 0.15) is 32.9 Å². The molecular formula is C12H23N5. The van der Waals surface area contributed by atoms with Crippen LogP contribution < -0.4 is 11.3 Å². The molecule has 0 spiro atoms. The molecule has 0 aromatic carbocycles. The van der Waals surface area contributed by atoms with Crippen LogP contribution in [0.5, 0.6) is 0 Å². The Balaban J connectivity index is 2.51. The third-order valence-electron chi connectivity index (χ3n) is 2.83. The fourth-order valence-corrected chi connectivity index (χ4v) is 1.78. The van der Waals surface area contributed by atoms with Crippen LogP contribution >= 0.6 is 0 Å². The van der Waals surface area contributed by atoms with Crippen molar-refractivity contribution in [3.8, 4) is 0 Å². The van der Waals surface area contributed by atoms with E-state index >= 15 is 0 Å². The van der Waals surface area contributed by atoms with Crippen molar-refractivity contribution in [2.45, 2.75) is 39.8 Å². The second-order valence-corrected chi connectivity index (χ2v) is 4.93. The lowest BCUT2D eigenvalue weighted by Crippen LogP contribution is -2.30. The van der Waals surface area contributed by atoms with Crippen LogP contribution in [-0.2, 0) is 6.54 Å². The van der Waals surface area contributed by atoms with E-state index in [9.17, 15) is 0 Å². The summed E-state index contributed by atoms with van der Waals surface area (Å²) >= 11 is 0. The predicted molar refractivity (Wildman–Crippen MR) is 70.2 cm³/mol. The van der Waals surface area contributed by atoms with Gasteiger partial charge in [-0.05, 0) is 26.3 Å². The summed E-state index contributed by atoms with van der Waals surface area (Å²) in [5.74, 6) is 6.54. The SMILES string of the molecule is CC(C)CC(C)N(C)Cc1cnc(NN)cn1. The molecule has 0 fully saturated rings. The highest BCUT2D eigenvalue weighted by Gasteiger charge is 2.11.